The molecule has 1 aromatic carbocycles. The highest BCUT2D eigenvalue weighted by Gasteiger charge is 2.34. The number of hydrogen-bond acceptors (Lipinski definition) is 2. The normalized spacial score (nSPS) is 11.4. The van der Waals surface area contributed by atoms with E-state index in [-0.39, 0.29) is 11.4 Å². The van der Waals surface area contributed by atoms with Crippen LogP contribution in [0.25, 0.3) is 0 Å². The van der Waals surface area contributed by atoms with Crippen molar-refractivity contribution in [2.45, 2.75) is 6.18 Å². The third-order valence-corrected chi connectivity index (χ3v) is 3.43. The first-order chi connectivity index (χ1) is 9.27. The molecule has 20 heavy (non-hydrogen) atoms. The lowest BCUT2D eigenvalue weighted by molar-refractivity contribution is -0.137. The van der Waals surface area contributed by atoms with Gasteiger partial charge in [-0.25, -0.2) is 0 Å². The van der Waals surface area contributed by atoms with Gasteiger partial charge in [0.15, 0.2) is 10.4 Å². The Bertz CT molecular complexity index is 654. The van der Waals surface area contributed by atoms with E-state index in [1.807, 2.05) is 0 Å². The summed E-state index contributed by atoms with van der Waals surface area (Å²) in [5, 5.41) is 2.20. The molecule has 0 saturated carbocycles. The molecule has 3 nitrogen and oxygen atoms in total. The maximum atomic E-state index is 12.9. The van der Waals surface area contributed by atoms with Crippen LogP contribution < -0.4 is 5.32 Å². The molecule has 0 aliphatic heterocycles. The zero-order valence-electron chi connectivity index (χ0n) is 9.59. The monoisotopic (exact) mass is 459 g/mol. The first kappa shape index (κ1) is 15.4. The molecule has 8 heteroatoms. The van der Waals surface area contributed by atoms with Crippen LogP contribution in [-0.2, 0) is 6.18 Å². The summed E-state index contributed by atoms with van der Waals surface area (Å²) >= 11 is 4.79. The molecular weight excluding hydrogens is 454 g/mol. The molecule has 1 N–H and O–H groups in total. The number of furan rings is 1. The minimum atomic E-state index is -4.55. The molecule has 0 aliphatic carbocycles. The average molecular weight is 460 g/mol. The molecule has 0 unspecified atom stereocenters. The highest BCUT2D eigenvalue weighted by Crippen LogP contribution is 2.36. The number of halogens is 5. The number of alkyl halides is 3. The Morgan fingerprint density at radius 1 is 1.25 bits per heavy atom. The molecule has 0 aliphatic rings. The third kappa shape index (κ3) is 3.54. The maximum Gasteiger partial charge on any atom is 0.418 e. The quantitative estimate of drug-likeness (QED) is 0.648. The number of benzene rings is 1. The first-order valence-corrected chi connectivity index (χ1v) is 7.08. The fourth-order valence-electron chi connectivity index (χ4n) is 1.48. The zero-order chi connectivity index (χ0) is 14.9. The lowest BCUT2D eigenvalue weighted by Crippen LogP contribution is -2.16. The molecule has 1 aromatic heterocycles. The van der Waals surface area contributed by atoms with E-state index in [4.69, 9.17) is 4.42 Å². The molecule has 0 saturated heterocycles. The Hall–Kier alpha value is -1.03. The summed E-state index contributed by atoms with van der Waals surface area (Å²) in [6.07, 6.45) is -4.55. The van der Waals surface area contributed by atoms with Crippen molar-refractivity contribution in [3.8, 4) is 0 Å². The van der Waals surface area contributed by atoms with Crippen LogP contribution in [0.3, 0.4) is 0 Å². The van der Waals surface area contributed by atoms with Crippen LogP contribution in [0.2, 0.25) is 0 Å². The fourth-order valence-corrected chi connectivity index (χ4v) is 2.28. The van der Waals surface area contributed by atoms with E-state index in [9.17, 15) is 18.0 Å². The van der Waals surface area contributed by atoms with Crippen molar-refractivity contribution in [3.05, 3.63) is 49.9 Å². The average Bonchev–Trinajstić information content (AvgIpc) is 2.77. The van der Waals surface area contributed by atoms with E-state index in [1.54, 1.807) is 22.6 Å². The van der Waals surface area contributed by atoms with Gasteiger partial charge in [-0.05, 0) is 68.9 Å². The topological polar surface area (TPSA) is 42.2 Å². The lowest BCUT2D eigenvalue weighted by atomic mass is 10.1. The molecule has 2 rings (SSSR count). The highest BCUT2D eigenvalue weighted by molar-refractivity contribution is 14.1. The predicted octanol–water partition coefficient (Wildman–Crippen LogP) is 4.92. The third-order valence-electron chi connectivity index (χ3n) is 2.33. The van der Waals surface area contributed by atoms with Crippen LogP contribution in [0.4, 0.5) is 18.9 Å². The van der Waals surface area contributed by atoms with Crippen LogP contribution in [0.5, 0.6) is 0 Å². The second kappa shape index (κ2) is 5.76. The SMILES string of the molecule is O=C(Nc1ccc(I)cc1C(F)(F)F)c1ccc(Br)o1. The molecule has 106 valence electrons. The van der Waals surface area contributed by atoms with Crippen molar-refractivity contribution in [2.24, 2.45) is 0 Å². The van der Waals surface area contributed by atoms with Gasteiger partial charge in [0, 0.05) is 3.57 Å². The van der Waals surface area contributed by atoms with E-state index in [0.717, 1.165) is 6.07 Å². The summed E-state index contributed by atoms with van der Waals surface area (Å²) in [4.78, 5) is 11.8. The summed E-state index contributed by atoms with van der Waals surface area (Å²) in [6, 6.07) is 6.49. The Kier molecular flexibility index (Phi) is 4.43. The van der Waals surface area contributed by atoms with Gasteiger partial charge in [-0.15, -0.1) is 0 Å². The second-order valence-corrected chi connectivity index (χ2v) is 5.77. The van der Waals surface area contributed by atoms with Crippen molar-refractivity contribution in [1.82, 2.24) is 0 Å². The molecule has 1 amide bonds. The van der Waals surface area contributed by atoms with Gasteiger partial charge >= 0.3 is 6.18 Å². The van der Waals surface area contributed by atoms with Crippen LogP contribution >= 0.6 is 38.5 Å². The van der Waals surface area contributed by atoms with E-state index >= 15 is 0 Å². The number of carbonyl (C=O) groups excluding carboxylic acids is 1. The Balaban J connectivity index is 2.32. The van der Waals surface area contributed by atoms with Crippen LogP contribution in [-0.4, -0.2) is 5.91 Å². The van der Waals surface area contributed by atoms with E-state index < -0.39 is 17.6 Å². The summed E-state index contributed by atoms with van der Waals surface area (Å²) in [5.74, 6) is -0.828. The molecule has 0 spiro atoms. The smallest absolute Gasteiger partial charge is 0.418 e. The molecular formula is C12H6BrF3INO2. The van der Waals surface area contributed by atoms with Gasteiger partial charge in [-0.2, -0.15) is 13.2 Å². The molecule has 0 bridgehead atoms. The molecule has 2 aromatic rings. The Morgan fingerprint density at radius 2 is 1.95 bits per heavy atom. The minimum absolute atomic E-state index is 0.0800. The van der Waals surface area contributed by atoms with Gasteiger partial charge in [-0.1, -0.05) is 0 Å². The minimum Gasteiger partial charge on any atom is -0.444 e. The summed E-state index contributed by atoms with van der Waals surface area (Å²) < 4.78 is 44.4. The highest BCUT2D eigenvalue weighted by atomic mass is 127. The van der Waals surface area contributed by atoms with Gasteiger partial charge < -0.3 is 9.73 Å². The van der Waals surface area contributed by atoms with Gasteiger partial charge in [0.25, 0.3) is 5.91 Å². The molecule has 1 heterocycles. The number of anilines is 1. The Labute approximate surface area is 133 Å². The van der Waals surface area contributed by atoms with Crippen molar-refractivity contribution < 1.29 is 22.4 Å². The number of hydrogen-bond donors (Lipinski definition) is 1. The molecule has 0 fully saturated rings. The van der Waals surface area contributed by atoms with Crippen molar-refractivity contribution >= 4 is 50.1 Å². The number of amides is 1. The van der Waals surface area contributed by atoms with Gasteiger partial charge in [0.2, 0.25) is 0 Å². The summed E-state index contributed by atoms with van der Waals surface area (Å²) in [6.45, 7) is 0. The predicted molar refractivity (Wildman–Crippen MR) is 78.5 cm³/mol. The van der Waals surface area contributed by atoms with E-state index in [0.29, 0.717) is 8.24 Å². The van der Waals surface area contributed by atoms with Gasteiger partial charge in [-0.3, -0.25) is 4.79 Å². The van der Waals surface area contributed by atoms with Crippen LogP contribution in [0.1, 0.15) is 16.1 Å². The van der Waals surface area contributed by atoms with E-state index in [2.05, 4.69) is 21.2 Å². The van der Waals surface area contributed by atoms with Crippen molar-refractivity contribution in [2.75, 3.05) is 5.32 Å². The maximum absolute atomic E-state index is 12.9. The fraction of sp³-hybridized carbons (Fsp3) is 0.0833. The molecule has 0 atom stereocenters. The van der Waals surface area contributed by atoms with Crippen LogP contribution in [0, 0.1) is 3.57 Å². The standard InChI is InChI=1S/C12H6BrF3INO2/c13-10-4-3-9(20-10)11(19)18-8-2-1-6(17)5-7(8)12(14,15)16/h1-5H,(H,18,19). The Morgan fingerprint density at radius 3 is 2.50 bits per heavy atom. The first-order valence-electron chi connectivity index (χ1n) is 5.21. The zero-order valence-corrected chi connectivity index (χ0v) is 13.3. The molecule has 0 radical (unpaired) electrons. The van der Waals surface area contributed by atoms with Gasteiger partial charge in [0.1, 0.15) is 0 Å². The van der Waals surface area contributed by atoms with E-state index in [1.165, 1.54) is 24.3 Å². The largest absolute Gasteiger partial charge is 0.444 e. The number of carbonyl (C=O) groups is 1. The number of rotatable bonds is 2. The second-order valence-electron chi connectivity index (χ2n) is 3.75. The van der Waals surface area contributed by atoms with Crippen molar-refractivity contribution in [1.29, 1.82) is 0 Å². The van der Waals surface area contributed by atoms with Crippen LogP contribution in [0.15, 0.2) is 39.4 Å². The lowest BCUT2D eigenvalue weighted by Gasteiger charge is -2.13. The van der Waals surface area contributed by atoms with Crippen molar-refractivity contribution in [3.63, 3.8) is 0 Å². The summed E-state index contributed by atoms with van der Waals surface area (Å²) in [7, 11) is 0. The van der Waals surface area contributed by atoms with Gasteiger partial charge in [0.05, 0.1) is 11.3 Å². The summed E-state index contributed by atoms with van der Waals surface area (Å²) in [5.41, 5.74) is -1.21. The number of nitrogens with one attached hydrogen (secondary N) is 1.